The molecule has 0 aromatic rings. The van der Waals surface area contributed by atoms with Crippen LogP contribution in [0.1, 0.15) is 0 Å². The summed E-state index contributed by atoms with van der Waals surface area (Å²) < 4.78 is 0.707. The van der Waals surface area contributed by atoms with E-state index in [1.807, 2.05) is 21.1 Å². The lowest BCUT2D eigenvalue weighted by Crippen LogP contribution is -2.34. The molecule has 0 atom stereocenters. The van der Waals surface area contributed by atoms with Crippen molar-refractivity contribution in [3.05, 3.63) is 0 Å². The number of aliphatic imine (C=N–C) groups is 1. The molecule has 0 amide bonds. The highest BCUT2D eigenvalue weighted by molar-refractivity contribution is 14.0. The third-order valence-electron chi connectivity index (χ3n) is 0.580. The summed E-state index contributed by atoms with van der Waals surface area (Å²) in [4.78, 5) is 3.53. The van der Waals surface area contributed by atoms with Crippen LogP contribution in [0.4, 0.5) is 0 Å². The topological polar surface area (TPSA) is 35.4 Å². The molecule has 3 nitrogen and oxygen atoms in total. The molecule has 0 saturated heterocycles. The lowest BCUT2D eigenvalue weighted by atomic mass is 10.7. The van der Waals surface area contributed by atoms with E-state index in [2.05, 4.69) is 4.99 Å². The maximum Gasteiger partial charge on any atom is 0.170 e. The normalized spacial score (nSPS) is 11.4. The summed E-state index contributed by atoms with van der Waals surface area (Å²) in [6.07, 6.45) is 0.587. The van der Waals surface area contributed by atoms with Crippen LogP contribution in [0.3, 0.4) is 0 Å². The van der Waals surface area contributed by atoms with Gasteiger partial charge in [-0.05, 0) is 0 Å². The first-order valence-electron chi connectivity index (χ1n) is 2.47. The molecular weight excluding hydrogens is 231 g/mol. The van der Waals surface area contributed by atoms with Crippen molar-refractivity contribution in [3.8, 4) is 0 Å². The molecule has 0 aromatic heterocycles. The van der Waals surface area contributed by atoms with Gasteiger partial charge in [0.25, 0.3) is 0 Å². The highest BCUT2D eigenvalue weighted by Gasteiger charge is 2.00. The Kier molecular flexibility index (Phi) is 6.59. The van der Waals surface area contributed by atoms with Crippen molar-refractivity contribution < 1.29 is 9.59 Å². The minimum atomic E-state index is 0. The van der Waals surface area contributed by atoms with Crippen molar-refractivity contribution in [2.24, 2.45) is 4.99 Å². The summed E-state index contributed by atoms with van der Waals surface area (Å²) in [5, 5.41) is 9.67. The number of quaternary nitrogens is 1. The second-order valence-corrected chi connectivity index (χ2v) is 2.72. The molecule has 0 aliphatic rings. The molecule has 0 aliphatic carbocycles. The van der Waals surface area contributed by atoms with Gasteiger partial charge in [-0.15, -0.1) is 24.0 Å². The predicted octanol–water partition coefficient (Wildman–Crippen LogP) is -0.343. The van der Waals surface area contributed by atoms with Gasteiger partial charge in [0.05, 0.1) is 21.1 Å². The molecule has 0 fully saturated rings. The second-order valence-electron chi connectivity index (χ2n) is 2.72. The van der Waals surface area contributed by atoms with E-state index in [0.717, 1.165) is 0 Å². The minimum absolute atomic E-state index is 0. The van der Waals surface area contributed by atoms with E-state index >= 15 is 0 Å². The number of rotatable bonds is 2. The van der Waals surface area contributed by atoms with E-state index in [1.165, 1.54) is 0 Å². The van der Waals surface area contributed by atoms with Gasteiger partial charge in [0.15, 0.2) is 6.67 Å². The molecule has 0 spiro atoms. The number of nitrogens with zero attached hydrogens (tertiary/aromatic N) is 2. The summed E-state index contributed by atoms with van der Waals surface area (Å²) in [5.41, 5.74) is 0. The zero-order valence-electron chi connectivity index (χ0n) is 6.00. The van der Waals surface area contributed by atoms with Crippen LogP contribution in [0.15, 0.2) is 4.99 Å². The monoisotopic (exact) mass is 244 g/mol. The number of hydrogen-bond acceptors (Lipinski definition) is 2. The number of halogens is 1. The fourth-order valence-electron chi connectivity index (χ4n) is 0.278. The highest BCUT2D eigenvalue weighted by atomic mass is 127. The Bertz CT molecular complexity index is 87.4. The summed E-state index contributed by atoms with van der Waals surface area (Å²) in [6, 6.07) is 0. The molecule has 0 radical (unpaired) electrons. The van der Waals surface area contributed by atoms with Crippen molar-refractivity contribution in [1.29, 1.82) is 0 Å². The van der Waals surface area contributed by atoms with Crippen LogP contribution in [-0.4, -0.2) is 38.7 Å². The van der Waals surface area contributed by atoms with Crippen LogP contribution in [0.2, 0.25) is 0 Å². The van der Waals surface area contributed by atoms with Gasteiger partial charge < -0.3 is 9.59 Å². The summed E-state index contributed by atoms with van der Waals surface area (Å²) in [6.45, 7) is 0.559. The Morgan fingerprint density at radius 1 is 1.44 bits per heavy atom. The first-order chi connectivity index (χ1) is 3.56. The smallest absolute Gasteiger partial charge is 0.170 e. The fraction of sp³-hybridized carbons (Fsp3) is 0.800. The minimum Gasteiger partial charge on any atom is -0.864 e. The predicted molar refractivity (Wildman–Crippen MR) is 46.8 cm³/mol. The van der Waals surface area contributed by atoms with Crippen molar-refractivity contribution >= 4 is 30.4 Å². The van der Waals surface area contributed by atoms with E-state index in [0.29, 0.717) is 17.6 Å². The maximum atomic E-state index is 9.67. The second kappa shape index (κ2) is 4.99. The van der Waals surface area contributed by atoms with Crippen LogP contribution < -0.4 is 5.11 Å². The van der Waals surface area contributed by atoms with Gasteiger partial charge >= 0.3 is 0 Å². The van der Waals surface area contributed by atoms with E-state index in [4.69, 9.17) is 0 Å². The molecule has 9 heavy (non-hydrogen) atoms. The van der Waals surface area contributed by atoms with Crippen LogP contribution >= 0.6 is 24.0 Å². The first kappa shape index (κ1) is 11.9. The molecular formula is C5H13IN2O. The SMILES string of the molecule is C[N+](C)(C)C/N=C/[O-].I. The van der Waals surface area contributed by atoms with Gasteiger partial charge in [0.2, 0.25) is 0 Å². The summed E-state index contributed by atoms with van der Waals surface area (Å²) in [5.74, 6) is 0. The lowest BCUT2D eigenvalue weighted by molar-refractivity contribution is -0.869. The van der Waals surface area contributed by atoms with Gasteiger partial charge in [-0.2, -0.15) is 0 Å². The zero-order chi connectivity index (χ0) is 6.62. The molecule has 4 heteroatoms. The van der Waals surface area contributed by atoms with E-state index in [9.17, 15) is 5.11 Å². The molecule has 0 rings (SSSR count). The Labute approximate surface area is 73.0 Å². The maximum absolute atomic E-state index is 9.67. The molecule has 0 bridgehead atoms. The van der Waals surface area contributed by atoms with Crippen LogP contribution in [0, 0.1) is 0 Å². The zero-order valence-corrected chi connectivity index (χ0v) is 8.33. The molecule has 0 N–H and O–H groups in total. The number of hydrogen-bond donors (Lipinski definition) is 0. The lowest BCUT2D eigenvalue weighted by Gasteiger charge is -2.20. The Morgan fingerprint density at radius 3 is 2.00 bits per heavy atom. The first-order valence-corrected chi connectivity index (χ1v) is 2.47. The Hall–Kier alpha value is 0.160. The fourth-order valence-corrected chi connectivity index (χ4v) is 0.278. The molecule has 0 aromatic carbocycles. The molecule has 0 unspecified atom stereocenters. The van der Waals surface area contributed by atoms with E-state index < -0.39 is 0 Å². The third-order valence-corrected chi connectivity index (χ3v) is 0.580. The average Bonchev–Trinajstić information content (AvgIpc) is 1.59. The molecule has 0 heterocycles. The Balaban J connectivity index is 0. The standard InChI is InChI=1S/C5H12N2O.HI/c1-7(2,3)4-6-5-8;/h5H,4H2,1-3H3;1H. The van der Waals surface area contributed by atoms with Crippen molar-refractivity contribution in [2.75, 3.05) is 27.8 Å². The van der Waals surface area contributed by atoms with Crippen LogP contribution in [-0.2, 0) is 0 Å². The van der Waals surface area contributed by atoms with Crippen molar-refractivity contribution in [1.82, 2.24) is 0 Å². The quantitative estimate of drug-likeness (QED) is 0.283. The molecule has 0 aliphatic heterocycles. The molecule has 0 saturated carbocycles. The van der Waals surface area contributed by atoms with Gasteiger partial charge in [0, 0.05) is 0 Å². The van der Waals surface area contributed by atoms with Gasteiger partial charge in [-0.1, -0.05) is 6.40 Å². The van der Waals surface area contributed by atoms with Crippen molar-refractivity contribution in [2.45, 2.75) is 0 Å². The van der Waals surface area contributed by atoms with Gasteiger partial charge in [0.1, 0.15) is 0 Å². The average molecular weight is 244 g/mol. The van der Waals surface area contributed by atoms with Gasteiger partial charge in [-0.25, -0.2) is 0 Å². The largest absolute Gasteiger partial charge is 0.864 e. The highest BCUT2D eigenvalue weighted by Crippen LogP contribution is 1.86. The summed E-state index contributed by atoms with van der Waals surface area (Å²) in [7, 11) is 5.94. The molecule has 56 valence electrons. The summed E-state index contributed by atoms with van der Waals surface area (Å²) >= 11 is 0. The third kappa shape index (κ3) is 11.6. The van der Waals surface area contributed by atoms with E-state index in [-0.39, 0.29) is 24.0 Å². The van der Waals surface area contributed by atoms with Crippen LogP contribution in [0.5, 0.6) is 0 Å². The van der Waals surface area contributed by atoms with Crippen molar-refractivity contribution in [3.63, 3.8) is 0 Å². The Morgan fingerprint density at radius 2 is 1.89 bits per heavy atom. The van der Waals surface area contributed by atoms with E-state index in [1.54, 1.807) is 0 Å². The van der Waals surface area contributed by atoms with Crippen LogP contribution in [0.25, 0.3) is 0 Å². The van der Waals surface area contributed by atoms with Gasteiger partial charge in [-0.3, -0.25) is 4.99 Å².